The molecule has 0 atom stereocenters. The maximum absolute atomic E-state index is 15.0. The molecule has 2 heterocycles. The van der Waals surface area contributed by atoms with Crippen molar-refractivity contribution in [3.05, 3.63) is 87.3 Å². The lowest BCUT2D eigenvalue weighted by Crippen LogP contribution is -2.35. The second-order valence-corrected chi connectivity index (χ2v) is 8.38. The summed E-state index contributed by atoms with van der Waals surface area (Å²) in [6.45, 7) is 7.36. The summed E-state index contributed by atoms with van der Waals surface area (Å²) < 4.78 is 16.4. The van der Waals surface area contributed by atoms with E-state index in [0.29, 0.717) is 28.8 Å². The van der Waals surface area contributed by atoms with Crippen molar-refractivity contribution in [2.45, 2.75) is 40.0 Å². The zero-order valence-electron chi connectivity index (χ0n) is 17.9. The Morgan fingerprint density at radius 1 is 1.03 bits per heavy atom. The number of hydrogen-bond donors (Lipinski definition) is 0. The van der Waals surface area contributed by atoms with Gasteiger partial charge >= 0.3 is 0 Å². The second-order valence-electron chi connectivity index (χ2n) is 8.38. The number of hydrogen-bond acceptors (Lipinski definition) is 3. The van der Waals surface area contributed by atoms with Gasteiger partial charge in [0.05, 0.1) is 11.4 Å². The minimum atomic E-state index is -0.295. The average Bonchev–Trinajstić information content (AvgIpc) is 2.68. The normalized spacial score (nSPS) is 14.9. The van der Waals surface area contributed by atoms with Crippen LogP contribution < -0.4 is 10.5 Å². The zero-order valence-corrected chi connectivity index (χ0v) is 17.9. The van der Waals surface area contributed by atoms with Gasteiger partial charge in [-0.15, -0.1) is 0 Å². The van der Waals surface area contributed by atoms with Gasteiger partial charge in [-0.3, -0.25) is 9.36 Å². The Morgan fingerprint density at radius 2 is 1.80 bits per heavy atom. The lowest BCUT2D eigenvalue weighted by Gasteiger charge is -2.34. The van der Waals surface area contributed by atoms with Gasteiger partial charge in [-0.2, -0.15) is 0 Å². The molecule has 0 radical (unpaired) electrons. The first-order chi connectivity index (χ1) is 14.4. The van der Waals surface area contributed by atoms with E-state index in [1.807, 2.05) is 6.07 Å². The molecule has 30 heavy (non-hydrogen) atoms. The van der Waals surface area contributed by atoms with E-state index in [0.717, 1.165) is 32.4 Å². The predicted molar refractivity (Wildman–Crippen MR) is 119 cm³/mol. The Balaban J connectivity index is 1.47. The Kier molecular flexibility index (Phi) is 5.71. The molecular formula is C25H28FN3O. The Morgan fingerprint density at radius 3 is 2.47 bits per heavy atom. The molecule has 0 saturated carbocycles. The molecule has 0 amide bonds. The Hall–Kier alpha value is -2.95. The van der Waals surface area contributed by atoms with Gasteiger partial charge in [0.25, 0.3) is 5.56 Å². The molecule has 0 N–H and O–H groups in total. The largest absolute Gasteiger partial charge is 0.369 e. The summed E-state index contributed by atoms with van der Waals surface area (Å²) in [4.78, 5) is 18.8. The minimum absolute atomic E-state index is 0.191. The summed E-state index contributed by atoms with van der Waals surface area (Å²) in [5.74, 6) is 0.894. The molecule has 2 aromatic carbocycles. The van der Waals surface area contributed by atoms with Crippen LogP contribution in [0, 0.1) is 32.5 Å². The lowest BCUT2D eigenvalue weighted by atomic mass is 9.89. The van der Waals surface area contributed by atoms with Crippen LogP contribution in [0.4, 0.5) is 10.1 Å². The van der Waals surface area contributed by atoms with E-state index >= 15 is 0 Å². The summed E-state index contributed by atoms with van der Waals surface area (Å²) in [7, 11) is 0. The van der Waals surface area contributed by atoms with Gasteiger partial charge in [0.1, 0.15) is 11.6 Å². The summed E-state index contributed by atoms with van der Waals surface area (Å²) in [5.41, 5.74) is 4.28. The molecule has 1 fully saturated rings. The SMILES string of the molecule is Cc1cccc(CC2CCN(c3ccc(-n4c(C)nc(C)cc4=O)cc3F)CC2)c1. The van der Waals surface area contributed by atoms with Crippen molar-refractivity contribution in [2.24, 2.45) is 5.92 Å². The molecule has 0 unspecified atom stereocenters. The van der Waals surface area contributed by atoms with Gasteiger partial charge in [0.2, 0.25) is 0 Å². The average molecular weight is 406 g/mol. The maximum Gasteiger partial charge on any atom is 0.258 e. The second kappa shape index (κ2) is 8.42. The van der Waals surface area contributed by atoms with Crippen LogP contribution in [0.25, 0.3) is 5.69 Å². The first kappa shape index (κ1) is 20.3. The molecule has 156 valence electrons. The molecule has 1 aliphatic heterocycles. The number of rotatable bonds is 4. The van der Waals surface area contributed by atoms with Gasteiger partial charge in [0.15, 0.2) is 0 Å². The van der Waals surface area contributed by atoms with Crippen LogP contribution in [0.3, 0.4) is 0 Å². The highest BCUT2D eigenvalue weighted by atomic mass is 19.1. The molecule has 3 aromatic rings. The van der Waals surface area contributed by atoms with Crippen molar-refractivity contribution in [3.8, 4) is 5.69 Å². The van der Waals surface area contributed by atoms with Gasteiger partial charge in [-0.1, -0.05) is 29.8 Å². The summed E-state index contributed by atoms with van der Waals surface area (Å²) in [6, 6.07) is 15.2. The Labute approximate surface area is 177 Å². The van der Waals surface area contributed by atoms with E-state index < -0.39 is 0 Å². The van der Waals surface area contributed by atoms with Gasteiger partial charge in [-0.25, -0.2) is 9.37 Å². The maximum atomic E-state index is 15.0. The number of aryl methyl sites for hydroxylation is 3. The van der Waals surface area contributed by atoms with E-state index in [-0.39, 0.29) is 11.4 Å². The van der Waals surface area contributed by atoms with Crippen molar-refractivity contribution in [1.82, 2.24) is 9.55 Å². The quantitative estimate of drug-likeness (QED) is 0.628. The van der Waals surface area contributed by atoms with E-state index in [9.17, 15) is 9.18 Å². The number of halogens is 1. The number of anilines is 1. The predicted octanol–water partition coefficient (Wildman–Crippen LogP) is 4.76. The molecule has 1 aliphatic rings. The van der Waals surface area contributed by atoms with Crippen molar-refractivity contribution in [3.63, 3.8) is 0 Å². The highest BCUT2D eigenvalue weighted by Crippen LogP contribution is 2.29. The number of benzene rings is 2. The third-order valence-corrected chi connectivity index (χ3v) is 5.97. The van der Waals surface area contributed by atoms with Crippen molar-refractivity contribution in [1.29, 1.82) is 0 Å². The van der Waals surface area contributed by atoms with Crippen molar-refractivity contribution < 1.29 is 4.39 Å². The summed E-state index contributed by atoms with van der Waals surface area (Å²) in [6.07, 6.45) is 3.19. The summed E-state index contributed by atoms with van der Waals surface area (Å²) >= 11 is 0. The van der Waals surface area contributed by atoms with Gasteiger partial charge < -0.3 is 4.90 Å². The fourth-order valence-corrected chi connectivity index (χ4v) is 4.50. The smallest absolute Gasteiger partial charge is 0.258 e. The molecule has 0 bridgehead atoms. The number of nitrogens with zero attached hydrogens (tertiary/aromatic N) is 3. The molecule has 4 rings (SSSR count). The van der Waals surface area contributed by atoms with Crippen LogP contribution in [0.1, 0.15) is 35.5 Å². The van der Waals surface area contributed by atoms with Crippen LogP contribution in [0.2, 0.25) is 0 Å². The third-order valence-electron chi connectivity index (χ3n) is 5.97. The van der Waals surface area contributed by atoms with Crippen LogP contribution in [0.5, 0.6) is 0 Å². The molecule has 0 spiro atoms. The number of piperidine rings is 1. The fourth-order valence-electron chi connectivity index (χ4n) is 4.50. The van der Waals surface area contributed by atoms with Crippen molar-refractivity contribution in [2.75, 3.05) is 18.0 Å². The zero-order chi connectivity index (χ0) is 21.3. The first-order valence-electron chi connectivity index (χ1n) is 10.6. The standard InChI is InChI=1S/C25H28FN3O/c1-17-5-4-6-21(13-17)15-20-9-11-28(12-10-20)24-8-7-22(16-23(24)26)29-19(3)27-18(2)14-25(29)30/h4-8,13-14,16,20H,9-12,15H2,1-3H3. The highest BCUT2D eigenvalue weighted by Gasteiger charge is 2.22. The third kappa shape index (κ3) is 4.30. The molecule has 5 heteroatoms. The van der Waals surface area contributed by atoms with Crippen LogP contribution in [-0.2, 0) is 6.42 Å². The van der Waals surface area contributed by atoms with Crippen LogP contribution in [-0.4, -0.2) is 22.6 Å². The van der Waals surface area contributed by atoms with E-state index in [4.69, 9.17) is 0 Å². The summed E-state index contributed by atoms with van der Waals surface area (Å²) in [5, 5.41) is 0. The minimum Gasteiger partial charge on any atom is -0.369 e. The molecule has 0 aliphatic carbocycles. The van der Waals surface area contributed by atoms with Crippen LogP contribution >= 0.6 is 0 Å². The fraction of sp³-hybridized carbons (Fsp3) is 0.360. The molecule has 1 saturated heterocycles. The Bertz CT molecular complexity index is 1110. The highest BCUT2D eigenvalue weighted by molar-refractivity contribution is 5.53. The molecular weight excluding hydrogens is 377 g/mol. The van der Waals surface area contributed by atoms with Crippen molar-refractivity contribution >= 4 is 5.69 Å². The van der Waals surface area contributed by atoms with E-state index in [1.165, 1.54) is 27.8 Å². The van der Waals surface area contributed by atoms with E-state index in [1.54, 1.807) is 19.9 Å². The topological polar surface area (TPSA) is 38.1 Å². The lowest BCUT2D eigenvalue weighted by molar-refractivity contribution is 0.401. The van der Waals surface area contributed by atoms with Gasteiger partial charge in [0, 0.05) is 30.9 Å². The molecule has 4 nitrogen and oxygen atoms in total. The number of aromatic nitrogens is 2. The van der Waals surface area contributed by atoms with Crippen LogP contribution in [0.15, 0.2) is 53.3 Å². The molecule has 1 aromatic heterocycles. The first-order valence-corrected chi connectivity index (χ1v) is 10.6. The van der Waals surface area contributed by atoms with Gasteiger partial charge in [-0.05, 0) is 63.6 Å². The monoisotopic (exact) mass is 405 g/mol. The van der Waals surface area contributed by atoms with E-state index in [2.05, 4.69) is 41.1 Å².